The second-order valence-corrected chi connectivity index (χ2v) is 4.84. The number of aromatic amines is 1. The van der Waals surface area contributed by atoms with Crippen LogP contribution < -0.4 is 5.32 Å². The van der Waals surface area contributed by atoms with Crippen LogP contribution in [0.1, 0.15) is 21.5 Å². The number of rotatable bonds is 2. The van der Waals surface area contributed by atoms with E-state index in [1.54, 1.807) is 12.3 Å². The highest BCUT2D eigenvalue weighted by Crippen LogP contribution is 2.21. The van der Waals surface area contributed by atoms with Gasteiger partial charge in [0.15, 0.2) is 0 Å². The van der Waals surface area contributed by atoms with Gasteiger partial charge in [0.25, 0.3) is 5.91 Å². The molecule has 0 unspecified atom stereocenters. The molecule has 4 heteroatoms. The van der Waals surface area contributed by atoms with Gasteiger partial charge < -0.3 is 5.32 Å². The largest absolute Gasteiger partial charge is 0.322 e. The number of aromatic nitrogens is 2. The Bertz CT molecular complexity index is 789. The van der Waals surface area contributed by atoms with Crippen LogP contribution in [0.15, 0.2) is 42.6 Å². The molecule has 2 N–H and O–H groups in total. The first kappa shape index (κ1) is 12.4. The molecule has 0 aliphatic heterocycles. The molecule has 1 heterocycles. The molecule has 0 aliphatic carbocycles. The molecule has 0 saturated carbocycles. The van der Waals surface area contributed by atoms with Gasteiger partial charge in [-0.3, -0.25) is 9.89 Å². The van der Waals surface area contributed by atoms with Crippen LogP contribution in [0.3, 0.4) is 0 Å². The lowest BCUT2D eigenvalue weighted by atomic mass is 10.1. The first-order valence-corrected chi connectivity index (χ1v) is 6.46. The zero-order chi connectivity index (χ0) is 14.1. The molecule has 20 heavy (non-hydrogen) atoms. The summed E-state index contributed by atoms with van der Waals surface area (Å²) in [6.45, 7) is 4.03. The van der Waals surface area contributed by atoms with Crippen LogP contribution in [0.25, 0.3) is 10.9 Å². The number of aryl methyl sites for hydroxylation is 1. The number of hydrogen-bond donors (Lipinski definition) is 2. The van der Waals surface area contributed by atoms with Crippen LogP contribution in [-0.2, 0) is 0 Å². The number of benzene rings is 2. The van der Waals surface area contributed by atoms with Crippen LogP contribution in [-0.4, -0.2) is 16.1 Å². The molecule has 4 nitrogen and oxygen atoms in total. The van der Waals surface area contributed by atoms with Crippen molar-refractivity contribution in [3.63, 3.8) is 0 Å². The normalized spacial score (nSPS) is 10.7. The van der Waals surface area contributed by atoms with E-state index in [1.807, 2.05) is 44.2 Å². The van der Waals surface area contributed by atoms with Crippen molar-refractivity contribution in [1.29, 1.82) is 0 Å². The van der Waals surface area contributed by atoms with Crippen molar-refractivity contribution in [1.82, 2.24) is 10.2 Å². The fourth-order valence-corrected chi connectivity index (χ4v) is 2.23. The molecule has 0 saturated heterocycles. The van der Waals surface area contributed by atoms with E-state index in [-0.39, 0.29) is 5.91 Å². The number of carbonyl (C=O) groups excluding carboxylic acids is 1. The van der Waals surface area contributed by atoms with E-state index < -0.39 is 0 Å². The lowest BCUT2D eigenvalue weighted by Gasteiger charge is -2.10. The summed E-state index contributed by atoms with van der Waals surface area (Å²) in [5.74, 6) is -0.131. The van der Waals surface area contributed by atoms with E-state index in [9.17, 15) is 4.79 Å². The standard InChI is InChI=1S/C16H15N3O/c1-10-5-3-8-14(11(10)2)18-16(20)13-7-4-6-12-9-17-19-15(12)13/h3-9H,1-2H3,(H,17,19)(H,18,20). The summed E-state index contributed by atoms with van der Waals surface area (Å²) in [4.78, 5) is 12.4. The van der Waals surface area contributed by atoms with Gasteiger partial charge in [-0.25, -0.2) is 0 Å². The molecule has 0 fully saturated rings. The van der Waals surface area contributed by atoms with Crippen LogP contribution in [0, 0.1) is 13.8 Å². The number of amides is 1. The van der Waals surface area contributed by atoms with E-state index >= 15 is 0 Å². The summed E-state index contributed by atoms with van der Waals surface area (Å²) in [7, 11) is 0. The highest BCUT2D eigenvalue weighted by Gasteiger charge is 2.12. The smallest absolute Gasteiger partial charge is 0.257 e. The van der Waals surface area contributed by atoms with Gasteiger partial charge in [-0.1, -0.05) is 24.3 Å². The van der Waals surface area contributed by atoms with Gasteiger partial charge >= 0.3 is 0 Å². The molecule has 0 aliphatic rings. The molecular formula is C16H15N3O. The van der Waals surface area contributed by atoms with Crippen LogP contribution >= 0.6 is 0 Å². The molecule has 3 aromatic rings. The second-order valence-electron chi connectivity index (χ2n) is 4.84. The van der Waals surface area contributed by atoms with Crippen molar-refractivity contribution in [2.24, 2.45) is 0 Å². The lowest BCUT2D eigenvalue weighted by molar-refractivity contribution is 0.102. The van der Waals surface area contributed by atoms with Crippen LogP contribution in [0.2, 0.25) is 0 Å². The minimum Gasteiger partial charge on any atom is -0.322 e. The Balaban J connectivity index is 1.97. The summed E-state index contributed by atoms with van der Waals surface area (Å²) >= 11 is 0. The summed E-state index contributed by atoms with van der Waals surface area (Å²) in [5.41, 5.74) is 4.43. The van der Waals surface area contributed by atoms with Gasteiger partial charge in [0.2, 0.25) is 0 Å². The van der Waals surface area contributed by atoms with Crippen molar-refractivity contribution in [3.8, 4) is 0 Å². The topological polar surface area (TPSA) is 57.8 Å². The minimum absolute atomic E-state index is 0.131. The Kier molecular flexibility index (Phi) is 2.99. The Morgan fingerprint density at radius 2 is 1.95 bits per heavy atom. The Hall–Kier alpha value is -2.62. The van der Waals surface area contributed by atoms with Crippen molar-refractivity contribution < 1.29 is 4.79 Å². The average molecular weight is 265 g/mol. The molecule has 100 valence electrons. The zero-order valence-electron chi connectivity index (χ0n) is 11.4. The van der Waals surface area contributed by atoms with Gasteiger partial charge in [0, 0.05) is 11.1 Å². The summed E-state index contributed by atoms with van der Waals surface area (Å²) < 4.78 is 0. The van der Waals surface area contributed by atoms with E-state index in [0.717, 1.165) is 27.7 Å². The third-order valence-electron chi connectivity index (χ3n) is 3.57. The number of nitrogens with one attached hydrogen (secondary N) is 2. The number of anilines is 1. The van der Waals surface area contributed by atoms with Crippen molar-refractivity contribution >= 4 is 22.5 Å². The molecule has 1 amide bonds. The van der Waals surface area contributed by atoms with E-state index in [2.05, 4.69) is 15.5 Å². The Morgan fingerprint density at radius 3 is 2.80 bits per heavy atom. The van der Waals surface area contributed by atoms with Gasteiger partial charge in [-0.05, 0) is 37.1 Å². The predicted molar refractivity (Wildman–Crippen MR) is 80.0 cm³/mol. The quantitative estimate of drug-likeness (QED) is 0.745. The zero-order valence-corrected chi connectivity index (χ0v) is 11.4. The minimum atomic E-state index is -0.131. The SMILES string of the molecule is Cc1cccc(NC(=O)c2cccc3cn[nH]c23)c1C. The predicted octanol–water partition coefficient (Wildman–Crippen LogP) is 3.43. The molecule has 1 aromatic heterocycles. The first-order chi connectivity index (χ1) is 9.66. The van der Waals surface area contributed by atoms with Crippen LogP contribution in [0.5, 0.6) is 0 Å². The third kappa shape index (κ3) is 2.05. The molecular weight excluding hydrogens is 250 g/mol. The van der Waals surface area contributed by atoms with E-state index in [1.165, 1.54) is 0 Å². The van der Waals surface area contributed by atoms with Gasteiger partial charge in [0.1, 0.15) is 0 Å². The lowest BCUT2D eigenvalue weighted by Crippen LogP contribution is -2.13. The highest BCUT2D eigenvalue weighted by molar-refractivity contribution is 6.12. The van der Waals surface area contributed by atoms with Crippen molar-refractivity contribution in [3.05, 3.63) is 59.3 Å². The summed E-state index contributed by atoms with van der Waals surface area (Å²) in [6, 6.07) is 11.5. The maximum absolute atomic E-state index is 12.4. The maximum atomic E-state index is 12.4. The second kappa shape index (κ2) is 4.81. The van der Waals surface area contributed by atoms with Gasteiger partial charge in [-0.2, -0.15) is 5.10 Å². The Labute approximate surface area is 116 Å². The monoisotopic (exact) mass is 265 g/mol. The van der Waals surface area contributed by atoms with Crippen molar-refractivity contribution in [2.45, 2.75) is 13.8 Å². The third-order valence-corrected chi connectivity index (χ3v) is 3.57. The van der Waals surface area contributed by atoms with Gasteiger partial charge in [-0.15, -0.1) is 0 Å². The maximum Gasteiger partial charge on any atom is 0.257 e. The number of nitrogens with zero attached hydrogens (tertiary/aromatic N) is 1. The molecule has 0 radical (unpaired) electrons. The number of H-pyrrole nitrogens is 1. The van der Waals surface area contributed by atoms with Gasteiger partial charge in [0.05, 0.1) is 17.3 Å². The molecule has 2 aromatic carbocycles. The van der Waals surface area contributed by atoms with Crippen molar-refractivity contribution in [2.75, 3.05) is 5.32 Å². The highest BCUT2D eigenvalue weighted by atomic mass is 16.1. The molecule has 0 atom stereocenters. The van der Waals surface area contributed by atoms with Crippen LogP contribution in [0.4, 0.5) is 5.69 Å². The van der Waals surface area contributed by atoms with E-state index in [0.29, 0.717) is 5.56 Å². The molecule has 0 spiro atoms. The fraction of sp³-hybridized carbons (Fsp3) is 0.125. The summed E-state index contributed by atoms with van der Waals surface area (Å²) in [5, 5.41) is 10.7. The number of fused-ring (bicyclic) bond motifs is 1. The molecule has 0 bridgehead atoms. The number of hydrogen-bond acceptors (Lipinski definition) is 2. The molecule has 3 rings (SSSR count). The Morgan fingerprint density at radius 1 is 1.15 bits per heavy atom. The summed E-state index contributed by atoms with van der Waals surface area (Å²) in [6.07, 6.45) is 1.71. The number of carbonyl (C=O) groups is 1. The first-order valence-electron chi connectivity index (χ1n) is 6.46. The fourth-order valence-electron chi connectivity index (χ4n) is 2.23. The van der Waals surface area contributed by atoms with E-state index in [4.69, 9.17) is 0 Å². The average Bonchev–Trinajstić information content (AvgIpc) is 2.92. The number of para-hydroxylation sites is 1.